The summed E-state index contributed by atoms with van der Waals surface area (Å²) in [4.78, 5) is 31.4. The molecule has 1 aliphatic rings. The fourth-order valence-corrected chi connectivity index (χ4v) is 4.71. The Bertz CT molecular complexity index is 1230. The molecule has 0 fully saturated rings. The first-order chi connectivity index (χ1) is 16.2. The number of carbonyl (C=O) groups excluding carboxylic acids is 1. The van der Waals surface area contributed by atoms with Crippen LogP contribution in [0.5, 0.6) is 0 Å². The molecule has 170 valence electrons. The van der Waals surface area contributed by atoms with Gasteiger partial charge in [-0.05, 0) is 55.6 Å². The van der Waals surface area contributed by atoms with E-state index in [0.29, 0.717) is 24.6 Å². The Hall–Kier alpha value is -3.52. The van der Waals surface area contributed by atoms with E-state index in [-0.39, 0.29) is 5.91 Å². The predicted molar refractivity (Wildman–Crippen MR) is 127 cm³/mol. The summed E-state index contributed by atoms with van der Waals surface area (Å²) in [6, 6.07) is 10.3. The van der Waals surface area contributed by atoms with Crippen molar-refractivity contribution >= 4 is 16.9 Å². The van der Waals surface area contributed by atoms with Crippen molar-refractivity contribution in [2.75, 3.05) is 13.1 Å². The third kappa shape index (κ3) is 4.52. The summed E-state index contributed by atoms with van der Waals surface area (Å²) in [6.07, 6.45) is 11.3. The molecule has 0 bridgehead atoms. The average molecular weight is 444 g/mol. The molecule has 1 aromatic carbocycles. The van der Waals surface area contributed by atoms with Gasteiger partial charge in [-0.3, -0.25) is 14.7 Å². The largest absolute Gasteiger partial charge is 0.352 e. The molecular formula is C25H29N7O. The Kier molecular flexibility index (Phi) is 6.17. The van der Waals surface area contributed by atoms with Crippen molar-refractivity contribution in [3.8, 4) is 0 Å². The number of nitrogens with one attached hydrogen (secondary N) is 2. The van der Waals surface area contributed by atoms with Gasteiger partial charge >= 0.3 is 0 Å². The van der Waals surface area contributed by atoms with Crippen LogP contribution in [0.3, 0.4) is 0 Å². The van der Waals surface area contributed by atoms with Crippen LogP contribution in [0.15, 0.2) is 55.4 Å². The summed E-state index contributed by atoms with van der Waals surface area (Å²) in [5.74, 6) is -0.0916. The SMILES string of the molecule is CCN(Cn1cnc2cc(C(=O)NCCc3cnc[nH]3)ccc21)C1CCCc2cccnc21. The monoisotopic (exact) mass is 443 g/mol. The molecule has 3 aromatic heterocycles. The van der Waals surface area contributed by atoms with E-state index < -0.39 is 0 Å². The number of pyridine rings is 1. The van der Waals surface area contributed by atoms with Crippen LogP contribution in [0.25, 0.3) is 11.0 Å². The standard InChI is InChI=1S/C25H29N7O/c1-2-31(23-7-3-5-18-6-4-11-27-24(18)23)17-32-16-30-21-13-19(8-9-22(21)32)25(33)28-12-10-20-14-26-15-29-20/h4,6,8-9,11,13-16,23H,2-3,5,7,10,12,17H2,1H3,(H,26,29)(H,28,33). The number of hydrogen-bond donors (Lipinski definition) is 2. The van der Waals surface area contributed by atoms with Crippen molar-refractivity contribution < 1.29 is 4.79 Å². The second-order valence-electron chi connectivity index (χ2n) is 8.50. The van der Waals surface area contributed by atoms with E-state index in [2.05, 4.69) is 42.7 Å². The molecule has 4 aromatic rings. The first-order valence-electron chi connectivity index (χ1n) is 11.6. The number of carbonyl (C=O) groups is 1. The van der Waals surface area contributed by atoms with Crippen LogP contribution < -0.4 is 5.32 Å². The number of H-pyrrole nitrogens is 1. The van der Waals surface area contributed by atoms with Crippen molar-refractivity contribution in [2.24, 2.45) is 0 Å². The van der Waals surface area contributed by atoms with Crippen LogP contribution in [0.2, 0.25) is 0 Å². The number of imidazole rings is 2. The second-order valence-corrected chi connectivity index (χ2v) is 8.50. The number of nitrogens with zero attached hydrogens (tertiary/aromatic N) is 5. The molecule has 1 amide bonds. The highest BCUT2D eigenvalue weighted by Gasteiger charge is 2.26. The van der Waals surface area contributed by atoms with Gasteiger partial charge in [0.25, 0.3) is 5.91 Å². The zero-order valence-electron chi connectivity index (χ0n) is 18.9. The van der Waals surface area contributed by atoms with Crippen LogP contribution in [-0.4, -0.2) is 48.4 Å². The van der Waals surface area contributed by atoms with E-state index in [9.17, 15) is 4.79 Å². The number of aromatic nitrogens is 5. The molecule has 2 N–H and O–H groups in total. The van der Waals surface area contributed by atoms with Crippen LogP contribution in [-0.2, 0) is 19.5 Å². The molecule has 33 heavy (non-hydrogen) atoms. The first-order valence-corrected chi connectivity index (χ1v) is 11.6. The van der Waals surface area contributed by atoms with Gasteiger partial charge in [-0.1, -0.05) is 13.0 Å². The molecule has 1 atom stereocenters. The number of rotatable bonds is 8. The van der Waals surface area contributed by atoms with E-state index in [1.807, 2.05) is 36.8 Å². The van der Waals surface area contributed by atoms with Crippen LogP contribution in [0.4, 0.5) is 0 Å². The summed E-state index contributed by atoms with van der Waals surface area (Å²) in [5, 5.41) is 2.97. The lowest BCUT2D eigenvalue weighted by atomic mass is 9.91. The summed E-state index contributed by atoms with van der Waals surface area (Å²) in [6.45, 7) is 4.42. The van der Waals surface area contributed by atoms with Crippen molar-refractivity contribution in [1.29, 1.82) is 0 Å². The number of amides is 1. The predicted octanol–water partition coefficient (Wildman–Crippen LogP) is 3.48. The van der Waals surface area contributed by atoms with Gasteiger partial charge in [0.15, 0.2) is 0 Å². The van der Waals surface area contributed by atoms with E-state index in [1.54, 1.807) is 12.5 Å². The van der Waals surface area contributed by atoms with Crippen LogP contribution in [0.1, 0.15) is 53.1 Å². The third-order valence-corrected chi connectivity index (χ3v) is 6.46. The Morgan fingerprint density at radius 2 is 2.24 bits per heavy atom. The number of fused-ring (bicyclic) bond motifs is 2. The minimum absolute atomic E-state index is 0.0916. The highest BCUT2D eigenvalue weighted by Crippen LogP contribution is 2.33. The van der Waals surface area contributed by atoms with E-state index in [4.69, 9.17) is 4.98 Å². The van der Waals surface area contributed by atoms with E-state index >= 15 is 0 Å². The van der Waals surface area contributed by atoms with Gasteiger partial charge in [0, 0.05) is 36.6 Å². The molecular weight excluding hydrogens is 414 g/mol. The number of aromatic amines is 1. The van der Waals surface area contributed by atoms with Gasteiger partial charge in [-0.15, -0.1) is 0 Å². The lowest BCUT2D eigenvalue weighted by Gasteiger charge is -2.34. The maximum absolute atomic E-state index is 12.6. The van der Waals surface area contributed by atoms with Gasteiger partial charge < -0.3 is 14.9 Å². The van der Waals surface area contributed by atoms with Gasteiger partial charge in [0.1, 0.15) is 0 Å². The maximum atomic E-state index is 12.6. The van der Waals surface area contributed by atoms with Gasteiger partial charge in [-0.25, -0.2) is 9.97 Å². The summed E-state index contributed by atoms with van der Waals surface area (Å²) >= 11 is 0. The Morgan fingerprint density at radius 1 is 1.30 bits per heavy atom. The minimum atomic E-state index is -0.0916. The average Bonchev–Trinajstić information content (AvgIpc) is 3.52. The first kappa shape index (κ1) is 21.3. The summed E-state index contributed by atoms with van der Waals surface area (Å²) in [7, 11) is 0. The van der Waals surface area contributed by atoms with Crippen molar-refractivity contribution in [3.05, 3.63) is 77.9 Å². The normalized spacial score (nSPS) is 15.6. The Morgan fingerprint density at radius 3 is 3.09 bits per heavy atom. The molecule has 1 aliphatic carbocycles. The fraction of sp³-hybridized carbons (Fsp3) is 0.360. The highest BCUT2D eigenvalue weighted by molar-refractivity contribution is 5.97. The topological polar surface area (TPSA) is 91.7 Å². The van der Waals surface area contributed by atoms with E-state index in [1.165, 1.54) is 17.7 Å². The zero-order chi connectivity index (χ0) is 22.6. The molecule has 8 heteroatoms. The van der Waals surface area contributed by atoms with Crippen molar-refractivity contribution in [3.63, 3.8) is 0 Å². The molecule has 1 unspecified atom stereocenters. The maximum Gasteiger partial charge on any atom is 0.251 e. The third-order valence-electron chi connectivity index (χ3n) is 6.46. The number of hydrogen-bond acceptors (Lipinski definition) is 5. The summed E-state index contributed by atoms with van der Waals surface area (Å²) < 4.78 is 2.16. The highest BCUT2D eigenvalue weighted by atomic mass is 16.1. The van der Waals surface area contributed by atoms with Gasteiger partial charge in [-0.2, -0.15) is 0 Å². The minimum Gasteiger partial charge on any atom is -0.352 e. The molecule has 8 nitrogen and oxygen atoms in total. The molecule has 5 rings (SSSR count). The van der Waals surface area contributed by atoms with Crippen molar-refractivity contribution in [2.45, 2.75) is 45.3 Å². The molecule has 0 saturated carbocycles. The lowest BCUT2D eigenvalue weighted by Crippen LogP contribution is -2.33. The zero-order valence-corrected chi connectivity index (χ0v) is 18.9. The molecule has 0 saturated heterocycles. The van der Waals surface area contributed by atoms with Gasteiger partial charge in [0.2, 0.25) is 0 Å². The Balaban J connectivity index is 1.29. The number of aryl methyl sites for hydroxylation is 1. The molecule has 0 spiro atoms. The van der Waals surface area contributed by atoms with Crippen LogP contribution in [0, 0.1) is 0 Å². The van der Waals surface area contributed by atoms with Gasteiger partial charge in [0.05, 0.1) is 42.1 Å². The quantitative estimate of drug-likeness (QED) is 0.435. The second kappa shape index (κ2) is 9.54. The number of benzene rings is 1. The molecule has 0 radical (unpaired) electrons. The smallest absolute Gasteiger partial charge is 0.251 e. The summed E-state index contributed by atoms with van der Waals surface area (Å²) in [5.41, 5.74) is 6.06. The van der Waals surface area contributed by atoms with Crippen LogP contribution >= 0.6 is 0 Å². The van der Waals surface area contributed by atoms with Crippen molar-refractivity contribution in [1.82, 2.24) is 34.7 Å². The molecule has 3 heterocycles. The molecule has 0 aliphatic heterocycles. The van der Waals surface area contributed by atoms with E-state index in [0.717, 1.165) is 42.8 Å². The fourth-order valence-electron chi connectivity index (χ4n) is 4.71. The lowest BCUT2D eigenvalue weighted by molar-refractivity contribution is 0.0954. The Labute approximate surface area is 193 Å².